The van der Waals surface area contributed by atoms with Crippen LogP contribution in [0.15, 0.2) is 0 Å². The third-order valence-electron chi connectivity index (χ3n) is 3.17. The molecular weight excluding hydrogens is 258 g/mol. The zero-order valence-corrected chi connectivity index (χ0v) is 11.6. The summed E-state index contributed by atoms with van der Waals surface area (Å²) in [6.45, 7) is 5.73. The summed E-state index contributed by atoms with van der Waals surface area (Å²) in [6.07, 6.45) is 0. The monoisotopic (exact) mass is 279 g/mol. The van der Waals surface area contributed by atoms with Gasteiger partial charge in [-0.15, -0.1) is 0 Å². The number of carboxylic acids is 1. The fourth-order valence-corrected chi connectivity index (χ4v) is 2.87. The van der Waals surface area contributed by atoms with Gasteiger partial charge in [0.05, 0.1) is 0 Å². The molecular formula is C10H21N3O4S. The van der Waals surface area contributed by atoms with Crippen LogP contribution in [0.4, 0.5) is 0 Å². The maximum absolute atomic E-state index is 11.9. The van der Waals surface area contributed by atoms with Gasteiger partial charge in [0.25, 0.3) is 0 Å². The van der Waals surface area contributed by atoms with Gasteiger partial charge in [0.15, 0.2) is 5.25 Å². The van der Waals surface area contributed by atoms with E-state index in [-0.39, 0.29) is 0 Å². The number of hydrogen-bond donors (Lipinski definition) is 2. The maximum Gasteiger partial charge on any atom is 0.323 e. The Kier molecular flexibility index (Phi) is 5.51. The molecule has 1 aliphatic rings. The number of piperazine rings is 1. The zero-order valence-electron chi connectivity index (χ0n) is 10.8. The first kappa shape index (κ1) is 15.4. The van der Waals surface area contributed by atoms with E-state index < -0.39 is 21.2 Å². The van der Waals surface area contributed by atoms with Gasteiger partial charge in [0.2, 0.25) is 10.0 Å². The number of carboxylic acid groups (broad SMARTS) is 1. The number of hydrogen-bond acceptors (Lipinski definition) is 5. The molecule has 0 saturated carbocycles. The van der Waals surface area contributed by atoms with E-state index in [2.05, 4.69) is 10.2 Å². The molecule has 1 aliphatic heterocycles. The van der Waals surface area contributed by atoms with Gasteiger partial charge in [-0.25, -0.2) is 12.7 Å². The molecule has 1 rings (SSSR count). The topological polar surface area (TPSA) is 89.9 Å². The Bertz CT molecular complexity index is 379. The number of carbonyl (C=O) groups is 1. The third-order valence-corrected chi connectivity index (χ3v) is 5.32. The average molecular weight is 279 g/mol. The van der Waals surface area contributed by atoms with Crippen molar-refractivity contribution in [3.8, 4) is 0 Å². The summed E-state index contributed by atoms with van der Waals surface area (Å²) in [5, 5.41) is 10.6. The number of nitrogens with one attached hydrogen (secondary N) is 1. The highest BCUT2D eigenvalue weighted by Gasteiger charge is 2.31. The highest BCUT2D eigenvalue weighted by atomic mass is 32.2. The Morgan fingerprint density at radius 1 is 1.44 bits per heavy atom. The summed E-state index contributed by atoms with van der Waals surface area (Å²) >= 11 is 0. The largest absolute Gasteiger partial charge is 0.480 e. The molecule has 0 amide bonds. The van der Waals surface area contributed by atoms with Crippen LogP contribution in [-0.4, -0.2) is 80.3 Å². The Morgan fingerprint density at radius 3 is 2.50 bits per heavy atom. The van der Waals surface area contributed by atoms with E-state index in [9.17, 15) is 13.2 Å². The van der Waals surface area contributed by atoms with Crippen molar-refractivity contribution in [3.05, 3.63) is 0 Å². The Morgan fingerprint density at radius 2 is 2.00 bits per heavy atom. The number of rotatable bonds is 6. The van der Waals surface area contributed by atoms with Crippen LogP contribution < -0.4 is 5.32 Å². The Balaban J connectivity index is 2.48. The van der Waals surface area contributed by atoms with Gasteiger partial charge in [0, 0.05) is 46.3 Å². The maximum atomic E-state index is 11.9. The van der Waals surface area contributed by atoms with Crippen LogP contribution in [0.3, 0.4) is 0 Å². The quantitative estimate of drug-likeness (QED) is 0.623. The lowest BCUT2D eigenvalue weighted by Crippen LogP contribution is -2.47. The first-order valence-electron chi connectivity index (χ1n) is 5.96. The Hall–Kier alpha value is -0.700. The van der Waals surface area contributed by atoms with Gasteiger partial charge in [-0.2, -0.15) is 0 Å². The van der Waals surface area contributed by atoms with Crippen molar-refractivity contribution >= 4 is 16.0 Å². The van der Waals surface area contributed by atoms with E-state index in [1.54, 1.807) is 0 Å². The molecule has 0 aromatic rings. The van der Waals surface area contributed by atoms with Gasteiger partial charge in [-0.1, -0.05) is 0 Å². The van der Waals surface area contributed by atoms with Gasteiger partial charge in [0.1, 0.15) is 0 Å². The van der Waals surface area contributed by atoms with Crippen molar-refractivity contribution in [1.82, 2.24) is 14.5 Å². The second-order valence-corrected chi connectivity index (χ2v) is 6.80. The van der Waals surface area contributed by atoms with Crippen molar-refractivity contribution in [2.75, 3.05) is 46.3 Å². The summed E-state index contributed by atoms with van der Waals surface area (Å²) in [7, 11) is -2.32. The summed E-state index contributed by atoms with van der Waals surface area (Å²) in [6, 6.07) is 0. The molecule has 1 atom stereocenters. The number of likely N-dealkylation sites (N-methyl/N-ethyl adjacent to an activating group) is 1. The van der Waals surface area contributed by atoms with E-state index >= 15 is 0 Å². The van der Waals surface area contributed by atoms with Crippen LogP contribution in [0, 0.1) is 0 Å². The normalized spacial score (nSPS) is 19.9. The molecule has 0 spiro atoms. The molecule has 1 fully saturated rings. The van der Waals surface area contributed by atoms with Crippen LogP contribution in [0.2, 0.25) is 0 Å². The number of aliphatic carboxylic acids is 1. The van der Waals surface area contributed by atoms with Crippen LogP contribution in [0.25, 0.3) is 0 Å². The molecule has 0 aromatic carbocycles. The fourth-order valence-electron chi connectivity index (χ4n) is 1.74. The van der Waals surface area contributed by atoms with E-state index in [4.69, 9.17) is 5.11 Å². The van der Waals surface area contributed by atoms with Gasteiger partial charge < -0.3 is 10.4 Å². The summed E-state index contributed by atoms with van der Waals surface area (Å²) in [5.74, 6) is -1.32. The van der Waals surface area contributed by atoms with Gasteiger partial charge >= 0.3 is 5.97 Å². The number of sulfonamides is 1. The lowest BCUT2D eigenvalue weighted by molar-refractivity contribution is -0.136. The molecule has 0 radical (unpaired) electrons. The van der Waals surface area contributed by atoms with Crippen LogP contribution >= 0.6 is 0 Å². The molecule has 8 heteroatoms. The van der Waals surface area contributed by atoms with Gasteiger partial charge in [-0.3, -0.25) is 9.69 Å². The fraction of sp³-hybridized carbons (Fsp3) is 0.900. The first-order valence-corrected chi connectivity index (χ1v) is 7.47. The molecule has 0 bridgehead atoms. The SMILES string of the molecule is CC(C(=O)O)S(=O)(=O)N(C)CCN1CCNCC1. The van der Waals surface area contributed by atoms with Gasteiger partial charge in [-0.05, 0) is 6.92 Å². The second kappa shape index (κ2) is 6.46. The minimum atomic E-state index is -3.75. The molecule has 0 aliphatic carbocycles. The van der Waals surface area contributed by atoms with Crippen molar-refractivity contribution < 1.29 is 18.3 Å². The standard InChI is InChI=1S/C10H21N3O4S/c1-9(10(14)15)18(16,17)12(2)7-8-13-5-3-11-4-6-13/h9,11H,3-8H2,1-2H3,(H,14,15). The van der Waals surface area contributed by atoms with E-state index in [1.165, 1.54) is 14.0 Å². The molecule has 2 N–H and O–H groups in total. The second-order valence-electron chi connectivity index (χ2n) is 4.44. The predicted molar refractivity (Wildman–Crippen MR) is 68.0 cm³/mol. The summed E-state index contributed by atoms with van der Waals surface area (Å²) in [5.41, 5.74) is 0. The lowest BCUT2D eigenvalue weighted by Gasteiger charge is -2.29. The summed E-state index contributed by atoms with van der Waals surface area (Å²) < 4.78 is 24.9. The molecule has 106 valence electrons. The minimum absolute atomic E-state index is 0.319. The highest BCUT2D eigenvalue weighted by molar-refractivity contribution is 7.90. The van der Waals surface area contributed by atoms with Crippen LogP contribution in [0.1, 0.15) is 6.92 Å². The first-order chi connectivity index (χ1) is 8.35. The number of nitrogens with zero attached hydrogens (tertiary/aromatic N) is 2. The lowest BCUT2D eigenvalue weighted by atomic mass is 10.3. The average Bonchev–Trinajstić information content (AvgIpc) is 2.35. The van der Waals surface area contributed by atoms with E-state index in [1.807, 2.05) is 0 Å². The van der Waals surface area contributed by atoms with Crippen molar-refractivity contribution in [3.63, 3.8) is 0 Å². The molecule has 18 heavy (non-hydrogen) atoms. The molecule has 1 unspecified atom stereocenters. The molecule has 1 saturated heterocycles. The molecule has 1 heterocycles. The molecule has 7 nitrogen and oxygen atoms in total. The predicted octanol–water partition coefficient (Wildman–Crippen LogP) is -1.37. The summed E-state index contributed by atoms with van der Waals surface area (Å²) in [4.78, 5) is 12.9. The third kappa shape index (κ3) is 3.91. The zero-order chi connectivity index (χ0) is 13.8. The highest BCUT2D eigenvalue weighted by Crippen LogP contribution is 2.07. The van der Waals surface area contributed by atoms with E-state index in [0.717, 1.165) is 30.5 Å². The van der Waals surface area contributed by atoms with Crippen molar-refractivity contribution in [2.24, 2.45) is 0 Å². The molecule has 0 aromatic heterocycles. The Labute approximate surface area is 108 Å². The minimum Gasteiger partial charge on any atom is -0.480 e. The smallest absolute Gasteiger partial charge is 0.323 e. The van der Waals surface area contributed by atoms with Crippen molar-refractivity contribution in [1.29, 1.82) is 0 Å². The van der Waals surface area contributed by atoms with Crippen LogP contribution in [0.5, 0.6) is 0 Å². The van der Waals surface area contributed by atoms with Crippen LogP contribution in [-0.2, 0) is 14.8 Å². The van der Waals surface area contributed by atoms with Crippen molar-refractivity contribution in [2.45, 2.75) is 12.2 Å². The van der Waals surface area contributed by atoms with E-state index in [0.29, 0.717) is 13.1 Å².